The van der Waals surface area contributed by atoms with Gasteiger partial charge in [0, 0.05) is 23.7 Å². The lowest BCUT2D eigenvalue weighted by atomic mass is 10.1. The molecule has 1 aromatic rings. The third-order valence-corrected chi connectivity index (χ3v) is 3.30. The van der Waals surface area contributed by atoms with Crippen LogP contribution in [0.1, 0.15) is 29.6 Å². The number of benzene rings is 1. The summed E-state index contributed by atoms with van der Waals surface area (Å²) in [6.07, 6.45) is 3.26. The number of halogens is 1. The quantitative estimate of drug-likeness (QED) is 0.453. The summed E-state index contributed by atoms with van der Waals surface area (Å²) in [5.74, 6) is -0.0489. The lowest BCUT2D eigenvalue weighted by Crippen LogP contribution is -2.35. The van der Waals surface area contributed by atoms with Gasteiger partial charge in [-0.25, -0.2) is 0 Å². The van der Waals surface area contributed by atoms with Crippen molar-refractivity contribution in [3.8, 4) is 0 Å². The maximum atomic E-state index is 12.2. The van der Waals surface area contributed by atoms with E-state index in [2.05, 4.69) is 10.0 Å². The number of rotatable bonds is 2. The van der Waals surface area contributed by atoms with Crippen LogP contribution in [0.15, 0.2) is 23.3 Å². The third-order valence-electron chi connectivity index (χ3n) is 2.99. The van der Waals surface area contributed by atoms with E-state index in [0.717, 1.165) is 25.9 Å². The Bertz CT molecular complexity index is 505. The van der Waals surface area contributed by atoms with Gasteiger partial charge in [0.25, 0.3) is 5.91 Å². The minimum Gasteiger partial charge on any atom is -0.339 e. The average molecular weight is 265 g/mol. The number of carbonyl (C=O) groups excluding carboxylic acids is 1. The number of azide groups is 1. The zero-order valence-electron chi connectivity index (χ0n) is 9.84. The Morgan fingerprint density at radius 2 is 2.06 bits per heavy atom. The predicted molar refractivity (Wildman–Crippen MR) is 70.0 cm³/mol. The lowest BCUT2D eigenvalue weighted by Gasteiger charge is -2.27. The molecule has 0 aliphatic carbocycles. The van der Waals surface area contributed by atoms with E-state index < -0.39 is 0 Å². The van der Waals surface area contributed by atoms with E-state index in [9.17, 15) is 4.79 Å². The zero-order chi connectivity index (χ0) is 13.0. The summed E-state index contributed by atoms with van der Waals surface area (Å²) >= 11 is 6.05. The first-order chi connectivity index (χ1) is 8.72. The van der Waals surface area contributed by atoms with Crippen LogP contribution in [0.3, 0.4) is 0 Å². The Morgan fingerprint density at radius 3 is 2.67 bits per heavy atom. The topological polar surface area (TPSA) is 69.1 Å². The van der Waals surface area contributed by atoms with Crippen molar-refractivity contribution in [1.82, 2.24) is 4.90 Å². The van der Waals surface area contributed by atoms with E-state index in [1.165, 1.54) is 12.5 Å². The second kappa shape index (κ2) is 5.76. The monoisotopic (exact) mass is 264 g/mol. The van der Waals surface area contributed by atoms with Crippen molar-refractivity contribution in [2.75, 3.05) is 13.1 Å². The number of amides is 1. The van der Waals surface area contributed by atoms with Gasteiger partial charge in [-0.1, -0.05) is 22.8 Å². The predicted octanol–water partition coefficient (Wildman–Crippen LogP) is 3.91. The van der Waals surface area contributed by atoms with Crippen molar-refractivity contribution < 1.29 is 4.79 Å². The van der Waals surface area contributed by atoms with Crippen molar-refractivity contribution in [2.45, 2.75) is 19.3 Å². The molecule has 0 radical (unpaired) electrons. The van der Waals surface area contributed by atoms with E-state index in [0.29, 0.717) is 16.3 Å². The smallest absolute Gasteiger partial charge is 0.255 e. The molecule has 6 heteroatoms. The normalized spacial score (nSPS) is 15.1. The number of nitrogens with zero attached hydrogens (tertiary/aromatic N) is 4. The van der Waals surface area contributed by atoms with Crippen LogP contribution in [0.25, 0.3) is 10.4 Å². The summed E-state index contributed by atoms with van der Waals surface area (Å²) in [6.45, 7) is 1.57. The van der Waals surface area contributed by atoms with Gasteiger partial charge in [-0.05, 0) is 36.9 Å². The van der Waals surface area contributed by atoms with Crippen LogP contribution >= 0.6 is 11.6 Å². The highest BCUT2D eigenvalue weighted by Gasteiger charge is 2.20. The average Bonchev–Trinajstić information content (AvgIpc) is 2.40. The molecule has 1 amide bonds. The molecule has 0 saturated carbocycles. The summed E-state index contributed by atoms with van der Waals surface area (Å²) in [4.78, 5) is 16.7. The molecule has 0 spiro atoms. The highest BCUT2D eigenvalue weighted by atomic mass is 35.5. The Hall–Kier alpha value is -1.71. The number of piperidine rings is 1. The Kier molecular flexibility index (Phi) is 4.07. The van der Waals surface area contributed by atoms with Crippen LogP contribution in [0.5, 0.6) is 0 Å². The molecule has 1 aliphatic rings. The van der Waals surface area contributed by atoms with Gasteiger partial charge in [-0.15, -0.1) is 0 Å². The van der Waals surface area contributed by atoms with E-state index >= 15 is 0 Å². The first kappa shape index (κ1) is 12.7. The van der Waals surface area contributed by atoms with Gasteiger partial charge in [0.1, 0.15) is 0 Å². The third kappa shape index (κ3) is 2.75. The molecule has 1 saturated heterocycles. The van der Waals surface area contributed by atoms with Crippen molar-refractivity contribution in [2.24, 2.45) is 5.11 Å². The zero-order valence-corrected chi connectivity index (χ0v) is 10.6. The maximum absolute atomic E-state index is 12.2. The van der Waals surface area contributed by atoms with Crippen molar-refractivity contribution in [1.29, 1.82) is 0 Å². The molecule has 1 aliphatic heterocycles. The fourth-order valence-corrected chi connectivity index (χ4v) is 2.31. The molecule has 1 fully saturated rings. The van der Waals surface area contributed by atoms with Crippen LogP contribution in [-0.4, -0.2) is 23.9 Å². The van der Waals surface area contributed by atoms with Gasteiger partial charge < -0.3 is 4.90 Å². The van der Waals surface area contributed by atoms with E-state index in [1.807, 2.05) is 4.90 Å². The molecule has 0 N–H and O–H groups in total. The molecule has 0 unspecified atom stereocenters. The first-order valence-electron chi connectivity index (χ1n) is 5.86. The largest absolute Gasteiger partial charge is 0.339 e. The van der Waals surface area contributed by atoms with E-state index in [1.54, 1.807) is 12.1 Å². The molecule has 2 rings (SSSR count). The molecule has 0 bridgehead atoms. The summed E-state index contributed by atoms with van der Waals surface area (Å²) in [5.41, 5.74) is 9.22. The molecule has 1 aromatic carbocycles. The number of hydrogen-bond acceptors (Lipinski definition) is 2. The van der Waals surface area contributed by atoms with Gasteiger partial charge in [-0.3, -0.25) is 4.79 Å². The maximum Gasteiger partial charge on any atom is 0.255 e. The van der Waals surface area contributed by atoms with Crippen molar-refractivity contribution in [3.05, 3.63) is 39.2 Å². The van der Waals surface area contributed by atoms with Gasteiger partial charge >= 0.3 is 0 Å². The minimum atomic E-state index is -0.0489. The van der Waals surface area contributed by atoms with E-state index in [4.69, 9.17) is 17.1 Å². The van der Waals surface area contributed by atoms with Gasteiger partial charge in [-0.2, -0.15) is 0 Å². The lowest BCUT2D eigenvalue weighted by molar-refractivity contribution is 0.0724. The summed E-state index contributed by atoms with van der Waals surface area (Å²) < 4.78 is 0. The van der Waals surface area contributed by atoms with Crippen molar-refractivity contribution in [3.63, 3.8) is 0 Å². The first-order valence-corrected chi connectivity index (χ1v) is 6.24. The van der Waals surface area contributed by atoms with Gasteiger partial charge in [0.2, 0.25) is 0 Å². The van der Waals surface area contributed by atoms with Gasteiger partial charge in [0.15, 0.2) is 0 Å². The highest BCUT2D eigenvalue weighted by Crippen LogP contribution is 2.25. The Labute approximate surface area is 110 Å². The fourth-order valence-electron chi connectivity index (χ4n) is 2.06. The highest BCUT2D eigenvalue weighted by molar-refractivity contribution is 6.34. The fraction of sp³-hybridized carbons (Fsp3) is 0.417. The molecule has 0 atom stereocenters. The second-order valence-electron chi connectivity index (χ2n) is 4.21. The molecule has 0 aromatic heterocycles. The van der Waals surface area contributed by atoms with Crippen LogP contribution in [0.2, 0.25) is 5.02 Å². The Morgan fingerprint density at radius 1 is 1.33 bits per heavy atom. The molecular formula is C12H13ClN4O. The summed E-state index contributed by atoms with van der Waals surface area (Å²) in [6, 6.07) is 4.73. The minimum absolute atomic E-state index is 0.0489. The summed E-state index contributed by atoms with van der Waals surface area (Å²) in [7, 11) is 0. The Balaban J connectivity index is 2.22. The van der Waals surface area contributed by atoms with Crippen LogP contribution < -0.4 is 0 Å². The number of likely N-dealkylation sites (tertiary alicyclic amines) is 1. The van der Waals surface area contributed by atoms with Gasteiger partial charge in [0.05, 0.1) is 10.6 Å². The molecular weight excluding hydrogens is 252 g/mol. The van der Waals surface area contributed by atoms with E-state index in [-0.39, 0.29) is 5.91 Å². The standard InChI is InChI=1S/C12H13ClN4O/c13-11-8-9(15-16-14)4-5-10(11)12(18)17-6-2-1-3-7-17/h4-5,8H,1-3,6-7H2. The number of carbonyl (C=O) groups is 1. The molecule has 18 heavy (non-hydrogen) atoms. The molecule has 1 heterocycles. The SMILES string of the molecule is [N-]=[N+]=Nc1ccc(C(=O)N2CCCCC2)c(Cl)c1. The van der Waals surface area contributed by atoms with Crippen LogP contribution in [0, 0.1) is 0 Å². The summed E-state index contributed by atoms with van der Waals surface area (Å²) in [5, 5.41) is 3.78. The molecule has 94 valence electrons. The van der Waals surface area contributed by atoms with Crippen LogP contribution in [-0.2, 0) is 0 Å². The number of hydrogen-bond donors (Lipinski definition) is 0. The van der Waals surface area contributed by atoms with Crippen LogP contribution in [0.4, 0.5) is 5.69 Å². The van der Waals surface area contributed by atoms with Crippen molar-refractivity contribution >= 4 is 23.2 Å². The second-order valence-corrected chi connectivity index (χ2v) is 4.61. The molecule has 5 nitrogen and oxygen atoms in total.